The standard InChI is InChI=1S/C19H18IN3O2/c1-4-9-22-18(24)17(21-19(22)25)11-14-10-12(2)23(13(14)3)16-7-5-15(20)6-8-16/h4-8,10-11H,1,9H2,2-3H3,(H,21,25)/b17-11-. The maximum atomic E-state index is 12.3. The Hall–Kier alpha value is -2.35. The number of halogens is 1. The molecule has 2 aromatic rings. The Labute approximate surface area is 160 Å². The van der Waals surface area contributed by atoms with Crippen molar-refractivity contribution in [2.24, 2.45) is 0 Å². The lowest BCUT2D eigenvalue weighted by Crippen LogP contribution is -2.30. The first kappa shape index (κ1) is 17.5. The van der Waals surface area contributed by atoms with Crippen molar-refractivity contribution >= 4 is 40.6 Å². The van der Waals surface area contributed by atoms with Gasteiger partial charge in [-0.1, -0.05) is 6.08 Å². The highest BCUT2D eigenvalue weighted by Crippen LogP contribution is 2.24. The van der Waals surface area contributed by atoms with E-state index in [2.05, 4.69) is 63.3 Å². The minimum absolute atomic E-state index is 0.198. The summed E-state index contributed by atoms with van der Waals surface area (Å²) < 4.78 is 3.30. The van der Waals surface area contributed by atoms with Gasteiger partial charge in [-0.3, -0.25) is 9.69 Å². The van der Waals surface area contributed by atoms with Gasteiger partial charge in [-0.25, -0.2) is 4.79 Å². The zero-order chi connectivity index (χ0) is 18.1. The van der Waals surface area contributed by atoms with E-state index in [0.717, 1.165) is 27.5 Å². The average Bonchev–Trinajstić information content (AvgIpc) is 3.00. The van der Waals surface area contributed by atoms with Crippen LogP contribution < -0.4 is 5.32 Å². The lowest BCUT2D eigenvalue weighted by Gasteiger charge is -2.09. The van der Waals surface area contributed by atoms with Crippen molar-refractivity contribution in [2.45, 2.75) is 13.8 Å². The number of nitrogens with zero attached hydrogens (tertiary/aromatic N) is 2. The number of benzene rings is 1. The fraction of sp³-hybridized carbons (Fsp3) is 0.158. The van der Waals surface area contributed by atoms with Crippen LogP contribution in [0.4, 0.5) is 4.79 Å². The van der Waals surface area contributed by atoms with Crippen LogP contribution in [0.5, 0.6) is 0 Å². The molecule has 1 aliphatic heterocycles. The van der Waals surface area contributed by atoms with Gasteiger partial charge in [0.05, 0.1) is 0 Å². The zero-order valence-electron chi connectivity index (χ0n) is 14.0. The number of rotatable bonds is 4. The third-order valence-electron chi connectivity index (χ3n) is 4.13. The summed E-state index contributed by atoms with van der Waals surface area (Å²) in [5, 5.41) is 2.63. The third kappa shape index (κ3) is 3.26. The summed E-state index contributed by atoms with van der Waals surface area (Å²) in [6, 6.07) is 9.83. The average molecular weight is 447 g/mol. The number of aromatic nitrogens is 1. The summed E-state index contributed by atoms with van der Waals surface area (Å²) in [6.07, 6.45) is 3.26. The molecule has 0 spiro atoms. The van der Waals surface area contributed by atoms with Crippen LogP contribution in [-0.4, -0.2) is 28.0 Å². The Bertz CT molecular complexity index is 894. The van der Waals surface area contributed by atoms with Gasteiger partial charge in [0.15, 0.2) is 0 Å². The van der Waals surface area contributed by atoms with Crippen LogP contribution in [-0.2, 0) is 4.79 Å². The van der Waals surface area contributed by atoms with E-state index in [-0.39, 0.29) is 18.1 Å². The Morgan fingerprint density at radius 1 is 1.20 bits per heavy atom. The van der Waals surface area contributed by atoms with Gasteiger partial charge < -0.3 is 9.88 Å². The number of carbonyl (C=O) groups excluding carboxylic acids is 2. The van der Waals surface area contributed by atoms with Crippen LogP contribution >= 0.6 is 22.6 Å². The van der Waals surface area contributed by atoms with E-state index in [1.54, 1.807) is 6.08 Å². The van der Waals surface area contributed by atoms with Gasteiger partial charge in [-0.15, -0.1) is 6.58 Å². The molecule has 1 N–H and O–H groups in total. The van der Waals surface area contributed by atoms with E-state index >= 15 is 0 Å². The van der Waals surface area contributed by atoms with Crippen molar-refractivity contribution in [3.05, 3.63) is 69.2 Å². The number of imide groups is 1. The maximum absolute atomic E-state index is 12.3. The predicted molar refractivity (Wildman–Crippen MR) is 106 cm³/mol. The van der Waals surface area contributed by atoms with Crippen molar-refractivity contribution in [1.82, 2.24) is 14.8 Å². The Morgan fingerprint density at radius 2 is 1.88 bits per heavy atom. The molecule has 5 nitrogen and oxygen atoms in total. The normalized spacial score (nSPS) is 15.8. The first-order valence-corrected chi connectivity index (χ1v) is 8.90. The zero-order valence-corrected chi connectivity index (χ0v) is 16.2. The van der Waals surface area contributed by atoms with Crippen molar-refractivity contribution < 1.29 is 9.59 Å². The second kappa shape index (κ2) is 6.87. The molecule has 0 unspecified atom stereocenters. The van der Waals surface area contributed by atoms with Crippen molar-refractivity contribution in [3.63, 3.8) is 0 Å². The van der Waals surface area contributed by atoms with E-state index in [1.165, 1.54) is 9.65 Å². The summed E-state index contributed by atoms with van der Waals surface area (Å²) in [6.45, 7) is 7.79. The smallest absolute Gasteiger partial charge is 0.318 e. The number of urea groups is 1. The highest BCUT2D eigenvalue weighted by molar-refractivity contribution is 14.1. The second-order valence-corrected chi connectivity index (χ2v) is 7.08. The molecule has 3 amide bonds. The minimum atomic E-state index is -0.414. The van der Waals surface area contributed by atoms with Crippen LogP contribution in [0.2, 0.25) is 0 Å². The van der Waals surface area contributed by atoms with Crippen molar-refractivity contribution in [1.29, 1.82) is 0 Å². The molecule has 128 valence electrons. The number of carbonyl (C=O) groups is 2. The van der Waals surface area contributed by atoms with Crippen LogP contribution in [0.3, 0.4) is 0 Å². The molecule has 1 saturated heterocycles. The molecule has 0 radical (unpaired) electrons. The molecule has 2 heterocycles. The molecule has 1 aliphatic rings. The maximum Gasteiger partial charge on any atom is 0.329 e. The SMILES string of the molecule is C=CCN1C(=O)N/C(=C\c2cc(C)n(-c3ccc(I)cc3)c2C)C1=O. The first-order valence-electron chi connectivity index (χ1n) is 7.82. The number of nitrogens with one attached hydrogen (secondary N) is 1. The third-order valence-corrected chi connectivity index (χ3v) is 4.85. The molecule has 1 aromatic carbocycles. The monoisotopic (exact) mass is 447 g/mol. The molecule has 25 heavy (non-hydrogen) atoms. The Balaban J connectivity index is 1.99. The lowest BCUT2D eigenvalue weighted by atomic mass is 10.2. The fourth-order valence-electron chi connectivity index (χ4n) is 2.94. The predicted octanol–water partition coefficient (Wildman–Crippen LogP) is 3.78. The highest BCUT2D eigenvalue weighted by atomic mass is 127. The summed E-state index contributed by atoms with van der Waals surface area (Å²) in [7, 11) is 0. The minimum Gasteiger partial charge on any atom is -0.318 e. The number of amides is 3. The van der Waals surface area contributed by atoms with Crippen LogP contribution in [0, 0.1) is 17.4 Å². The van der Waals surface area contributed by atoms with Gasteiger partial charge >= 0.3 is 6.03 Å². The molecule has 0 bridgehead atoms. The molecule has 1 aromatic heterocycles. The van der Waals surface area contributed by atoms with Crippen LogP contribution in [0.25, 0.3) is 11.8 Å². The first-order chi connectivity index (χ1) is 11.9. The molecule has 0 aliphatic carbocycles. The topological polar surface area (TPSA) is 54.3 Å². The molecular formula is C19H18IN3O2. The van der Waals surface area contributed by atoms with Crippen molar-refractivity contribution in [2.75, 3.05) is 6.54 Å². The number of aryl methyl sites for hydroxylation is 1. The van der Waals surface area contributed by atoms with Gasteiger partial charge in [0.1, 0.15) is 5.70 Å². The Morgan fingerprint density at radius 3 is 2.52 bits per heavy atom. The summed E-state index contributed by atoms with van der Waals surface area (Å²) in [5.41, 5.74) is 4.32. The van der Waals surface area contributed by atoms with Crippen molar-refractivity contribution in [3.8, 4) is 5.69 Å². The quantitative estimate of drug-likeness (QED) is 0.336. The summed E-state index contributed by atoms with van der Waals surface area (Å²) in [4.78, 5) is 25.4. The molecule has 0 saturated carbocycles. The van der Waals surface area contributed by atoms with E-state index < -0.39 is 6.03 Å². The van der Waals surface area contributed by atoms with Crippen LogP contribution in [0.1, 0.15) is 17.0 Å². The summed E-state index contributed by atoms with van der Waals surface area (Å²) >= 11 is 2.28. The van der Waals surface area contributed by atoms with E-state index in [4.69, 9.17) is 0 Å². The highest BCUT2D eigenvalue weighted by Gasteiger charge is 2.32. The summed E-state index contributed by atoms with van der Waals surface area (Å²) in [5.74, 6) is -0.330. The second-order valence-electron chi connectivity index (χ2n) is 5.83. The molecule has 6 heteroatoms. The number of hydrogen-bond donors (Lipinski definition) is 1. The van der Waals surface area contributed by atoms with E-state index in [9.17, 15) is 9.59 Å². The fourth-order valence-corrected chi connectivity index (χ4v) is 3.30. The van der Waals surface area contributed by atoms with Gasteiger partial charge in [-0.2, -0.15) is 0 Å². The van der Waals surface area contributed by atoms with E-state index in [0.29, 0.717) is 0 Å². The Kier molecular flexibility index (Phi) is 4.80. The van der Waals surface area contributed by atoms with Crippen LogP contribution in [0.15, 0.2) is 48.7 Å². The molecule has 0 atom stereocenters. The van der Waals surface area contributed by atoms with Gasteiger partial charge in [0.25, 0.3) is 5.91 Å². The van der Waals surface area contributed by atoms with Gasteiger partial charge in [0.2, 0.25) is 0 Å². The van der Waals surface area contributed by atoms with E-state index in [1.807, 2.05) is 19.9 Å². The number of hydrogen-bond acceptors (Lipinski definition) is 2. The molecule has 3 rings (SSSR count). The van der Waals surface area contributed by atoms with Gasteiger partial charge in [0, 0.05) is 27.2 Å². The largest absolute Gasteiger partial charge is 0.329 e. The lowest BCUT2D eigenvalue weighted by molar-refractivity contribution is -0.122. The van der Waals surface area contributed by atoms with Gasteiger partial charge in [-0.05, 0) is 78.4 Å². The molecule has 1 fully saturated rings. The molecular weight excluding hydrogens is 429 g/mol.